The molecule has 1 amide bonds. The Morgan fingerprint density at radius 2 is 1.77 bits per heavy atom. The zero-order valence-electron chi connectivity index (χ0n) is 17.5. The maximum atomic E-state index is 13.3. The van der Waals surface area contributed by atoms with E-state index >= 15 is 0 Å². The molecule has 0 radical (unpaired) electrons. The molecule has 5 nitrogen and oxygen atoms in total. The summed E-state index contributed by atoms with van der Waals surface area (Å²) in [5.74, 6) is 0.772. The lowest BCUT2D eigenvalue weighted by molar-refractivity contribution is -0.101. The number of hydrogen-bond donors (Lipinski definition) is 1. The van der Waals surface area contributed by atoms with E-state index in [1.807, 2.05) is 43.3 Å². The number of carbonyl (C=O) groups is 1. The highest BCUT2D eigenvalue weighted by molar-refractivity contribution is 6.05. The Morgan fingerprint density at radius 3 is 2.50 bits per heavy atom. The number of nitrogens with one attached hydrogen (secondary N) is 1. The van der Waals surface area contributed by atoms with E-state index < -0.39 is 5.72 Å². The van der Waals surface area contributed by atoms with Gasteiger partial charge in [0.2, 0.25) is 0 Å². The van der Waals surface area contributed by atoms with Crippen molar-refractivity contribution < 1.29 is 9.53 Å². The van der Waals surface area contributed by atoms with Crippen LogP contribution in [0.3, 0.4) is 0 Å². The number of fused-ring (bicyclic) bond motifs is 3. The van der Waals surface area contributed by atoms with Gasteiger partial charge in [-0.3, -0.25) is 9.69 Å². The van der Waals surface area contributed by atoms with E-state index in [1.165, 1.54) is 5.56 Å². The molecule has 1 N–H and O–H groups in total. The molecule has 2 heterocycles. The third-order valence-corrected chi connectivity index (χ3v) is 6.59. The Morgan fingerprint density at radius 1 is 1.03 bits per heavy atom. The quantitative estimate of drug-likeness (QED) is 0.709. The number of anilines is 1. The topological polar surface area (TPSA) is 44.8 Å². The second kappa shape index (κ2) is 7.33. The first-order valence-electron chi connectivity index (χ1n) is 10.6. The fourth-order valence-corrected chi connectivity index (χ4v) is 4.69. The molecular formula is C25H27N3O2. The van der Waals surface area contributed by atoms with Crippen LogP contribution in [0.15, 0.2) is 60.7 Å². The van der Waals surface area contributed by atoms with Crippen LogP contribution in [-0.4, -0.2) is 48.6 Å². The van der Waals surface area contributed by atoms with Crippen molar-refractivity contribution in [2.24, 2.45) is 0 Å². The third kappa shape index (κ3) is 3.10. The van der Waals surface area contributed by atoms with Crippen molar-refractivity contribution in [2.45, 2.75) is 25.1 Å². The van der Waals surface area contributed by atoms with Gasteiger partial charge >= 0.3 is 0 Å². The summed E-state index contributed by atoms with van der Waals surface area (Å²) in [4.78, 5) is 17.5. The minimum Gasteiger partial charge on any atom is -0.466 e. The molecule has 2 aliphatic rings. The van der Waals surface area contributed by atoms with E-state index in [2.05, 4.69) is 46.6 Å². The number of carbonyl (C=O) groups excluding carboxylic acids is 1. The maximum absolute atomic E-state index is 13.3. The lowest BCUT2D eigenvalue weighted by Gasteiger charge is -2.49. The zero-order chi connectivity index (χ0) is 20.7. The minimum absolute atomic E-state index is 0.0459. The van der Waals surface area contributed by atoms with Gasteiger partial charge in [0.25, 0.3) is 5.91 Å². The van der Waals surface area contributed by atoms with E-state index in [-0.39, 0.29) is 5.91 Å². The van der Waals surface area contributed by atoms with Crippen molar-refractivity contribution in [1.29, 1.82) is 0 Å². The van der Waals surface area contributed by atoms with Crippen molar-refractivity contribution in [3.05, 3.63) is 71.8 Å². The highest BCUT2D eigenvalue weighted by Gasteiger charge is 2.47. The average Bonchev–Trinajstić information content (AvgIpc) is 2.79. The highest BCUT2D eigenvalue weighted by Crippen LogP contribution is 2.43. The van der Waals surface area contributed by atoms with Gasteiger partial charge < -0.3 is 15.0 Å². The molecule has 1 saturated heterocycles. The number of nitrogens with zero attached hydrogens (tertiary/aromatic N) is 2. The van der Waals surface area contributed by atoms with Crippen LogP contribution in [-0.2, 0) is 6.54 Å². The predicted octanol–water partition coefficient (Wildman–Crippen LogP) is 4.34. The van der Waals surface area contributed by atoms with Crippen LogP contribution in [0, 0.1) is 0 Å². The maximum Gasteiger partial charge on any atom is 0.260 e. The molecular weight excluding hydrogens is 374 g/mol. The first-order chi connectivity index (χ1) is 14.6. The van der Waals surface area contributed by atoms with Crippen molar-refractivity contribution >= 4 is 22.4 Å². The van der Waals surface area contributed by atoms with E-state index in [4.69, 9.17) is 4.74 Å². The molecule has 5 rings (SSSR count). The summed E-state index contributed by atoms with van der Waals surface area (Å²) in [6.07, 6.45) is 1.59. The molecule has 1 fully saturated rings. The van der Waals surface area contributed by atoms with Crippen molar-refractivity contribution in [3.63, 3.8) is 0 Å². The standard InChI is InChI=1S/C25H27N3O2/c1-26-20-10-8-19-9-11-21-23(22(19)16-20)30-25(27(2)24(21)29)12-14-28(15-13-25)17-18-6-4-3-5-7-18/h3-11,16,26H,12-15,17H2,1-2H3. The summed E-state index contributed by atoms with van der Waals surface area (Å²) in [5, 5.41) is 5.27. The van der Waals surface area contributed by atoms with Crippen LogP contribution < -0.4 is 10.1 Å². The monoisotopic (exact) mass is 401 g/mol. The lowest BCUT2D eigenvalue weighted by Crippen LogP contribution is -2.61. The fourth-order valence-electron chi connectivity index (χ4n) is 4.69. The van der Waals surface area contributed by atoms with Gasteiger partial charge in [0.1, 0.15) is 5.75 Å². The Bertz CT molecular complexity index is 1090. The fraction of sp³-hybridized carbons (Fsp3) is 0.320. The minimum atomic E-state index is -0.582. The highest BCUT2D eigenvalue weighted by atomic mass is 16.5. The van der Waals surface area contributed by atoms with Gasteiger partial charge in [-0.25, -0.2) is 0 Å². The largest absolute Gasteiger partial charge is 0.466 e. The molecule has 0 unspecified atom stereocenters. The number of likely N-dealkylation sites (tertiary alicyclic amines) is 1. The van der Waals surface area contributed by atoms with Gasteiger partial charge in [-0.15, -0.1) is 0 Å². The molecule has 1 spiro atoms. The van der Waals surface area contributed by atoms with Gasteiger partial charge in [0.15, 0.2) is 5.72 Å². The summed E-state index contributed by atoms with van der Waals surface area (Å²) in [6, 6.07) is 20.6. The molecule has 30 heavy (non-hydrogen) atoms. The Labute approximate surface area is 177 Å². The zero-order valence-corrected chi connectivity index (χ0v) is 17.5. The summed E-state index contributed by atoms with van der Waals surface area (Å²) < 4.78 is 6.71. The molecule has 5 heteroatoms. The van der Waals surface area contributed by atoms with E-state index in [0.29, 0.717) is 5.56 Å². The van der Waals surface area contributed by atoms with Gasteiger partial charge in [-0.1, -0.05) is 42.5 Å². The SMILES string of the molecule is CNc1ccc2ccc3c(c2c1)OC1(CCN(Cc2ccccc2)CC1)N(C)C3=O. The first kappa shape index (κ1) is 18.9. The van der Waals surface area contributed by atoms with E-state index in [0.717, 1.165) is 54.7 Å². The van der Waals surface area contributed by atoms with Crippen molar-refractivity contribution in [2.75, 3.05) is 32.5 Å². The second-order valence-electron chi connectivity index (χ2n) is 8.30. The predicted molar refractivity (Wildman–Crippen MR) is 120 cm³/mol. The molecule has 0 bridgehead atoms. The van der Waals surface area contributed by atoms with Crippen LogP contribution in [0.4, 0.5) is 5.69 Å². The van der Waals surface area contributed by atoms with Gasteiger partial charge in [-0.2, -0.15) is 0 Å². The molecule has 0 atom stereocenters. The lowest BCUT2D eigenvalue weighted by atomic mass is 9.93. The molecule has 0 aliphatic carbocycles. The molecule has 3 aromatic rings. The summed E-state index contributed by atoms with van der Waals surface area (Å²) >= 11 is 0. The van der Waals surface area contributed by atoms with Crippen LogP contribution in [0.1, 0.15) is 28.8 Å². The van der Waals surface area contributed by atoms with Crippen LogP contribution in [0.2, 0.25) is 0 Å². The van der Waals surface area contributed by atoms with E-state index in [9.17, 15) is 4.79 Å². The van der Waals surface area contributed by atoms with Crippen LogP contribution in [0.5, 0.6) is 5.75 Å². The van der Waals surface area contributed by atoms with Crippen LogP contribution in [0.25, 0.3) is 10.8 Å². The van der Waals surface area contributed by atoms with Gasteiger partial charge in [-0.05, 0) is 29.1 Å². The molecule has 2 aliphatic heterocycles. The van der Waals surface area contributed by atoms with Crippen molar-refractivity contribution in [1.82, 2.24) is 9.80 Å². The average molecular weight is 402 g/mol. The second-order valence-corrected chi connectivity index (χ2v) is 8.30. The van der Waals surface area contributed by atoms with Crippen molar-refractivity contribution in [3.8, 4) is 5.75 Å². The number of rotatable bonds is 3. The Balaban J connectivity index is 1.44. The summed E-state index contributed by atoms with van der Waals surface area (Å²) in [5.41, 5.74) is 2.40. The molecule has 3 aromatic carbocycles. The number of benzene rings is 3. The molecule has 0 saturated carbocycles. The number of hydrogen-bond acceptors (Lipinski definition) is 4. The summed E-state index contributed by atoms with van der Waals surface area (Å²) in [6.45, 7) is 2.72. The molecule has 154 valence electrons. The third-order valence-electron chi connectivity index (χ3n) is 6.59. The number of ether oxygens (including phenoxy) is 1. The number of amides is 1. The summed E-state index contributed by atoms with van der Waals surface area (Å²) in [7, 11) is 3.78. The first-order valence-corrected chi connectivity index (χ1v) is 10.6. The smallest absolute Gasteiger partial charge is 0.260 e. The number of piperidine rings is 1. The molecule has 0 aromatic heterocycles. The van der Waals surface area contributed by atoms with Gasteiger partial charge in [0.05, 0.1) is 5.56 Å². The Hall–Kier alpha value is -3.05. The van der Waals surface area contributed by atoms with E-state index in [1.54, 1.807) is 0 Å². The van der Waals surface area contributed by atoms with Crippen LogP contribution >= 0.6 is 0 Å². The Kier molecular flexibility index (Phi) is 4.63. The normalized spacial score (nSPS) is 18.3. The van der Waals surface area contributed by atoms with Gasteiger partial charge in [0, 0.05) is 57.6 Å².